The van der Waals surface area contributed by atoms with Crippen molar-refractivity contribution in [1.29, 1.82) is 0 Å². The fourth-order valence-corrected chi connectivity index (χ4v) is 4.39. The van der Waals surface area contributed by atoms with Crippen molar-refractivity contribution in [3.8, 4) is 0 Å². The maximum absolute atomic E-state index is 14.3. The molecule has 0 heterocycles. The summed E-state index contributed by atoms with van der Waals surface area (Å²) in [5.41, 5.74) is 6.44. The first-order valence-corrected chi connectivity index (χ1v) is 8.95. The van der Waals surface area contributed by atoms with E-state index in [1.165, 1.54) is 18.9 Å². The van der Waals surface area contributed by atoms with Gasteiger partial charge in [0.25, 0.3) is 0 Å². The Kier molecular flexibility index (Phi) is 7.05. The summed E-state index contributed by atoms with van der Waals surface area (Å²) in [6.45, 7) is 0.561. The average Bonchev–Trinajstić information content (AvgIpc) is 3.24. The van der Waals surface area contributed by atoms with Gasteiger partial charge in [0.05, 0.1) is 6.04 Å². The van der Waals surface area contributed by atoms with Crippen molar-refractivity contribution in [2.75, 3.05) is 6.54 Å². The van der Waals surface area contributed by atoms with Gasteiger partial charge in [0.1, 0.15) is 5.82 Å². The highest BCUT2D eigenvalue weighted by Crippen LogP contribution is 2.38. The second-order valence-corrected chi connectivity index (χ2v) is 7.09. The largest absolute Gasteiger partial charge is 0.349 e. The van der Waals surface area contributed by atoms with Gasteiger partial charge in [-0.05, 0) is 50.1 Å². The topological polar surface area (TPSA) is 55.1 Å². The molecule has 3 N–H and O–H groups in total. The molecule has 2 saturated carbocycles. The average molecular weight is 355 g/mol. The molecule has 2 aliphatic carbocycles. The van der Waals surface area contributed by atoms with Gasteiger partial charge in [-0.15, -0.1) is 12.4 Å². The van der Waals surface area contributed by atoms with E-state index in [1.54, 1.807) is 6.07 Å². The third-order valence-electron chi connectivity index (χ3n) is 5.71. The summed E-state index contributed by atoms with van der Waals surface area (Å²) in [4.78, 5) is 12.8. The minimum Gasteiger partial charge on any atom is -0.349 e. The summed E-state index contributed by atoms with van der Waals surface area (Å²) in [6.07, 6.45) is 7.45. The van der Waals surface area contributed by atoms with Gasteiger partial charge in [-0.2, -0.15) is 0 Å². The Balaban J connectivity index is 0.00000208. The van der Waals surface area contributed by atoms with Crippen molar-refractivity contribution in [2.24, 2.45) is 23.5 Å². The summed E-state index contributed by atoms with van der Waals surface area (Å²) in [6, 6.07) is 6.65. The van der Waals surface area contributed by atoms with Crippen molar-refractivity contribution >= 4 is 18.3 Å². The third kappa shape index (κ3) is 4.09. The molecule has 5 heteroatoms. The molecule has 3 rings (SSSR count). The zero-order valence-electron chi connectivity index (χ0n) is 14.0. The van der Waals surface area contributed by atoms with Gasteiger partial charge in [-0.3, -0.25) is 4.79 Å². The van der Waals surface area contributed by atoms with Crippen LogP contribution in [0.25, 0.3) is 0 Å². The number of benzene rings is 1. The summed E-state index contributed by atoms with van der Waals surface area (Å²) >= 11 is 0. The molecule has 0 radical (unpaired) electrons. The Hall–Kier alpha value is -1.13. The lowest BCUT2D eigenvalue weighted by atomic mass is 9.89. The number of halogens is 2. The quantitative estimate of drug-likeness (QED) is 0.840. The van der Waals surface area contributed by atoms with Crippen molar-refractivity contribution in [3.05, 3.63) is 35.6 Å². The number of carbonyl (C=O) groups excluding carboxylic acids is 1. The Labute approximate surface area is 150 Å². The lowest BCUT2D eigenvalue weighted by molar-refractivity contribution is -0.127. The fraction of sp³-hybridized carbons (Fsp3) is 0.632. The first-order chi connectivity index (χ1) is 11.2. The van der Waals surface area contributed by atoms with Gasteiger partial charge in [0.2, 0.25) is 5.91 Å². The van der Waals surface area contributed by atoms with Crippen LogP contribution >= 0.6 is 12.4 Å². The van der Waals surface area contributed by atoms with Crippen LogP contribution in [-0.4, -0.2) is 12.5 Å². The summed E-state index contributed by atoms with van der Waals surface area (Å²) in [5.74, 6) is 0.466. The van der Waals surface area contributed by atoms with Crippen LogP contribution in [0.2, 0.25) is 0 Å². The van der Waals surface area contributed by atoms with Gasteiger partial charge in [-0.1, -0.05) is 37.5 Å². The van der Waals surface area contributed by atoms with Crippen molar-refractivity contribution in [3.63, 3.8) is 0 Å². The summed E-state index contributed by atoms with van der Waals surface area (Å²) in [7, 11) is 0. The molecule has 3 atom stereocenters. The smallest absolute Gasteiger partial charge is 0.223 e. The highest BCUT2D eigenvalue weighted by Gasteiger charge is 2.35. The van der Waals surface area contributed by atoms with Crippen LogP contribution in [0, 0.1) is 23.6 Å². The van der Waals surface area contributed by atoms with Gasteiger partial charge >= 0.3 is 0 Å². The van der Waals surface area contributed by atoms with Crippen LogP contribution in [0.5, 0.6) is 0 Å². The highest BCUT2D eigenvalue weighted by atomic mass is 35.5. The van der Waals surface area contributed by atoms with Crippen molar-refractivity contribution < 1.29 is 9.18 Å². The monoisotopic (exact) mass is 354 g/mol. The van der Waals surface area contributed by atoms with E-state index in [0.717, 1.165) is 32.1 Å². The summed E-state index contributed by atoms with van der Waals surface area (Å²) < 4.78 is 14.3. The molecule has 1 aromatic rings. The van der Waals surface area contributed by atoms with E-state index < -0.39 is 0 Å². The maximum Gasteiger partial charge on any atom is 0.223 e. The Morgan fingerprint density at radius 2 is 1.88 bits per heavy atom. The van der Waals surface area contributed by atoms with E-state index in [1.807, 2.05) is 12.1 Å². The molecule has 0 bridgehead atoms. The molecule has 3 nitrogen and oxygen atoms in total. The fourth-order valence-electron chi connectivity index (χ4n) is 4.39. The SMILES string of the molecule is Cl.NC[C@H]1CCC[C@H]1C(=O)NC(c1ccccc1F)C1CCCC1. The number of rotatable bonds is 5. The molecular weight excluding hydrogens is 327 g/mol. The zero-order valence-corrected chi connectivity index (χ0v) is 14.9. The molecule has 0 saturated heterocycles. The number of hydrogen-bond acceptors (Lipinski definition) is 2. The molecular formula is C19H28ClFN2O. The van der Waals surface area contributed by atoms with E-state index >= 15 is 0 Å². The van der Waals surface area contributed by atoms with E-state index in [4.69, 9.17) is 5.73 Å². The van der Waals surface area contributed by atoms with Crippen LogP contribution in [0.1, 0.15) is 56.6 Å². The zero-order chi connectivity index (χ0) is 16.2. The maximum atomic E-state index is 14.3. The lowest BCUT2D eigenvalue weighted by Crippen LogP contribution is -2.39. The number of hydrogen-bond donors (Lipinski definition) is 2. The standard InChI is InChI=1S/C19H27FN2O.ClH/c20-17-11-4-3-9-16(17)18(13-6-1-2-7-13)22-19(23)15-10-5-8-14(15)12-21;/h3-4,9,11,13-15,18H,1-2,5-8,10,12,21H2,(H,22,23);1H/t14-,15-,18?;/m1./s1. The third-order valence-corrected chi connectivity index (χ3v) is 5.71. The molecule has 1 amide bonds. The molecule has 0 aliphatic heterocycles. The molecule has 134 valence electrons. The van der Waals surface area contributed by atoms with Gasteiger partial charge in [0, 0.05) is 11.5 Å². The van der Waals surface area contributed by atoms with Gasteiger partial charge < -0.3 is 11.1 Å². The Bertz CT molecular complexity index is 548. The molecule has 1 aromatic carbocycles. The number of nitrogens with two attached hydrogens (primary N) is 1. The van der Waals surface area contributed by atoms with Crippen LogP contribution in [-0.2, 0) is 4.79 Å². The molecule has 2 fully saturated rings. The normalized spacial score (nSPS) is 25.2. The minimum atomic E-state index is -0.216. The lowest BCUT2D eigenvalue weighted by Gasteiger charge is -2.28. The van der Waals surface area contributed by atoms with E-state index in [9.17, 15) is 9.18 Å². The van der Waals surface area contributed by atoms with E-state index in [-0.39, 0.29) is 42.0 Å². The van der Waals surface area contributed by atoms with Crippen molar-refractivity contribution in [2.45, 2.75) is 51.0 Å². The molecule has 0 aromatic heterocycles. The van der Waals surface area contributed by atoms with Crippen LogP contribution in [0.15, 0.2) is 24.3 Å². The molecule has 0 spiro atoms. The predicted octanol–water partition coefficient (Wildman–Crippen LogP) is 3.97. The molecule has 2 aliphatic rings. The van der Waals surface area contributed by atoms with Gasteiger partial charge in [0.15, 0.2) is 0 Å². The first kappa shape index (κ1) is 19.2. The van der Waals surface area contributed by atoms with E-state index in [0.29, 0.717) is 18.0 Å². The predicted molar refractivity (Wildman–Crippen MR) is 96.4 cm³/mol. The van der Waals surface area contributed by atoms with E-state index in [2.05, 4.69) is 5.32 Å². The van der Waals surface area contributed by atoms with Gasteiger partial charge in [-0.25, -0.2) is 4.39 Å². The number of nitrogens with one attached hydrogen (secondary N) is 1. The highest BCUT2D eigenvalue weighted by molar-refractivity contribution is 5.85. The number of amides is 1. The Morgan fingerprint density at radius 3 is 2.54 bits per heavy atom. The second kappa shape index (κ2) is 8.82. The second-order valence-electron chi connectivity index (χ2n) is 7.09. The first-order valence-electron chi connectivity index (χ1n) is 8.95. The Morgan fingerprint density at radius 1 is 1.17 bits per heavy atom. The van der Waals surface area contributed by atoms with Crippen LogP contribution in [0.3, 0.4) is 0 Å². The number of carbonyl (C=O) groups is 1. The van der Waals surface area contributed by atoms with Crippen molar-refractivity contribution in [1.82, 2.24) is 5.32 Å². The van der Waals surface area contributed by atoms with Crippen LogP contribution in [0.4, 0.5) is 4.39 Å². The molecule has 1 unspecified atom stereocenters. The molecule has 24 heavy (non-hydrogen) atoms. The minimum absolute atomic E-state index is 0. The summed E-state index contributed by atoms with van der Waals surface area (Å²) in [5, 5.41) is 3.19. The van der Waals surface area contributed by atoms with Crippen LogP contribution < -0.4 is 11.1 Å².